The Hall–Kier alpha value is -1.52. The van der Waals surface area contributed by atoms with Gasteiger partial charge in [0.25, 0.3) is 5.91 Å². The van der Waals surface area contributed by atoms with Crippen LogP contribution in [0.4, 0.5) is 0 Å². The van der Waals surface area contributed by atoms with Crippen LogP contribution in [-0.4, -0.2) is 25.0 Å². The van der Waals surface area contributed by atoms with Crippen molar-refractivity contribution in [1.82, 2.24) is 5.32 Å². The summed E-state index contributed by atoms with van der Waals surface area (Å²) in [5.74, 6) is -0.874. The van der Waals surface area contributed by atoms with Crippen LogP contribution in [0.3, 0.4) is 0 Å². The highest BCUT2D eigenvalue weighted by Crippen LogP contribution is 2.20. The van der Waals surface area contributed by atoms with Crippen LogP contribution in [0.5, 0.6) is 0 Å². The summed E-state index contributed by atoms with van der Waals surface area (Å²) >= 11 is 11.8. The number of esters is 1. The van der Waals surface area contributed by atoms with Gasteiger partial charge in [0.1, 0.15) is 0 Å². The number of halogens is 2. The zero-order chi connectivity index (χ0) is 15.8. The second kappa shape index (κ2) is 8.70. The smallest absolute Gasteiger partial charge is 0.331 e. The zero-order valence-electron chi connectivity index (χ0n) is 11.9. The molecule has 0 unspecified atom stereocenters. The van der Waals surface area contributed by atoms with E-state index in [1.54, 1.807) is 26.0 Å². The Kier molecular flexibility index (Phi) is 7.26. The lowest BCUT2D eigenvalue weighted by molar-refractivity contribution is -0.143. The summed E-state index contributed by atoms with van der Waals surface area (Å²) in [6.07, 6.45) is 1.91. The summed E-state index contributed by atoms with van der Waals surface area (Å²) in [5.41, 5.74) is 1.71. The van der Waals surface area contributed by atoms with E-state index in [-0.39, 0.29) is 12.5 Å². The molecule has 0 atom stereocenters. The first-order valence-electron chi connectivity index (χ1n) is 6.41. The molecule has 1 aromatic carbocycles. The quantitative estimate of drug-likeness (QED) is 0.644. The molecule has 0 aliphatic heterocycles. The lowest BCUT2D eigenvalue weighted by atomic mass is 10.1. The normalized spacial score (nSPS) is 9.90. The van der Waals surface area contributed by atoms with Crippen molar-refractivity contribution in [3.63, 3.8) is 0 Å². The van der Waals surface area contributed by atoms with E-state index in [9.17, 15) is 9.59 Å². The molecule has 0 bridgehead atoms. The lowest BCUT2D eigenvalue weighted by Gasteiger charge is -2.07. The third-order valence-electron chi connectivity index (χ3n) is 2.48. The van der Waals surface area contributed by atoms with Gasteiger partial charge in [0.2, 0.25) is 0 Å². The van der Waals surface area contributed by atoms with Gasteiger partial charge < -0.3 is 10.1 Å². The first-order valence-corrected chi connectivity index (χ1v) is 7.16. The Balaban J connectivity index is 2.30. The predicted molar refractivity (Wildman–Crippen MR) is 83.6 cm³/mol. The minimum atomic E-state index is -0.522. The van der Waals surface area contributed by atoms with Crippen LogP contribution in [0, 0.1) is 0 Å². The summed E-state index contributed by atoms with van der Waals surface area (Å²) < 4.78 is 4.79. The fraction of sp³-hybridized carbons (Fsp3) is 0.333. The van der Waals surface area contributed by atoms with Crippen molar-refractivity contribution < 1.29 is 14.3 Å². The number of ether oxygens (including phenoxy) is 1. The molecule has 1 amide bonds. The van der Waals surface area contributed by atoms with E-state index in [4.69, 9.17) is 27.9 Å². The second-order valence-corrected chi connectivity index (χ2v) is 5.51. The maximum absolute atomic E-state index is 11.5. The van der Waals surface area contributed by atoms with Gasteiger partial charge in [-0.2, -0.15) is 0 Å². The Bertz CT molecular complexity index is 552. The van der Waals surface area contributed by atoms with Gasteiger partial charge in [-0.3, -0.25) is 4.79 Å². The van der Waals surface area contributed by atoms with Crippen LogP contribution < -0.4 is 5.32 Å². The number of allylic oxidation sites excluding steroid dienone is 1. The van der Waals surface area contributed by atoms with Crippen LogP contribution in [-0.2, 0) is 20.7 Å². The SMILES string of the molecule is CC(C)=CC(=O)OCC(=O)NCCc1ccc(Cl)cc1Cl. The first kappa shape index (κ1) is 17.5. The van der Waals surface area contributed by atoms with Gasteiger partial charge in [-0.05, 0) is 38.0 Å². The molecule has 0 aromatic heterocycles. The highest BCUT2D eigenvalue weighted by Gasteiger charge is 2.06. The van der Waals surface area contributed by atoms with E-state index in [1.807, 2.05) is 6.07 Å². The van der Waals surface area contributed by atoms with Gasteiger partial charge in [-0.1, -0.05) is 34.8 Å². The van der Waals surface area contributed by atoms with E-state index in [1.165, 1.54) is 6.08 Å². The number of benzene rings is 1. The maximum atomic E-state index is 11.5. The van der Waals surface area contributed by atoms with Gasteiger partial charge in [0, 0.05) is 22.7 Å². The van der Waals surface area contributed by atoms with Crippen molar-refractivity contribution in [1.29, 1.82) is 0 Å². The molecule has 0 aliphatic carbocycles. The van der Waals surface area contributed by atoms with Crippen LogP contribution >= 0.6 is 23.2 Å². The van der Waals surface area contributed by atoms with Gasteiger partial charge in [-0.15, -0.1) is 0 Å². The molecule has 1 N–H and O–H groups in total. The van der Waals surface area contributed by atoms with E-state index in [0.717, 1.165) is 11.1 Å². The van der Waals surface area contributed by atoms with E-state index in [0.29, 0.717) is 23.0 Å². The number of carbonyl (C=O) groups excluding carboxylic acids is 2. The summed E-state index contributed by atoms with van der Waals surface area (Å²) in [7, 11) is 0. The number of nitrogens with one attached hydrogen (secondary N) is 1. The average molecular weight is 330 g/mol. The number of hydrogen-bond donors (Lipinski definition) is 1. The molecule has 0 saturated heterocycles. The molecule has 6 heteroatoms. The minimum absolute atomic E-state index is 0.295. The van der Waals surface area contributed by atoms with Gasteiger partial charge >= 0.3 is 5.97 Å². The Morgan fingerprint density at radius 3 is 2.62 bits per heavy atom. The van der Waals surface area contributed by atoms with Crippen LogP contribution in [0.25, 0.3) is 0 Å². The first-order chi connectivity index (χ1) is 9.88. The van der Waals surface area contributed by atoms with Gasteiger partial charge in [0.05, 0.1) is 0 Å². The minimum Gasteiger partial charge on any atom is -0.452 e. The van der Waals surface area contributed by atoms with E-state index >= 15 is 0 Å². The molecule has 21 heavy (non-hydrogen) atoms. The van der Waals surface area contributed by atoms with Crippen molar-refractivity contribution in [2.75, 3.05) is 13.2 Å². The molecule has 0 aliphatic rings. The van der Waals surface area contributed by atoms with Crippen LogP contribution in [0.1, 0.15) is 19.4 Å². The fourth-order valence-corrected chi connectivity index (χ4v) is 2.03. The van der Waals surface area contributed by atoms with Crippen LogP contribution in [0.15, 0.2) is 29.8 Å². The zero-order valence-corrected chi connectivity index (χ0v) is 13.4. The highest BCUT2D eigenvalue weighted by atomic mass is 35.5. The third kappa shape index (κ3) is 7.16. The molecule has 4 nitrogen and oxygen atoms in total. The molecule has 1 aromatic rings. The number of rotatable bonds is 6. The summed E-state index contributed by atoms with van der Waals surface area (Å²) in [5, 5.41) is 3.78. The van der Waals surface area contributed by atoms with Crippen molar-refractivity contribution in [3.8, 4) is 0 Å². The number of hydrogen-bond acceptors (Lipinski definition) is 3. The second-order valence-electron chi connectivity index (χ2n) is 4.67. The predicted octanol–water partition coefficient (Wildman–Crippen LogP) is 3.16. The molecule has 0 radical (unpaired) electrons. The molecule has 0 heterocycles. The van der Waals surface area contributed by atoms with E-state index in [2.05, 4.69) is 5.32 Å². The van der Waals surface area contributed by atoms with Crippen molar-refractivity contribution >= 4 is 35.1 Å². The van der Waals surface area contributed by atoms with Crippen molar-refractivity contribution in [2.45, 2.75) is 20.3 Å². The van der Waals surface area contributed by atoms with Gasteiger partial charge in [0.15, 0.2) is 6.61 Å². The molecule has 0 spiro atoms. The van der Waals surface area contributed by atoms with Gasteiger partial charge in [-0.25, -0.2) is 4.79 Å². The Labute approximate surface area is 134 Å². The topological polar surface area (TPSA) is 55.4 Å². The van der Waals surface area contributed by atoms with Crippen molar-refractivity contribution in [3.05, 3.63) is 45.5 Å². The molecule has 0 fully saturated rings. The van der Waals surface area contributed by atoms with Crippen molar-refractivity contribution in [2.24, 2.45) is 0 Å². The molecule has 114 valence electrons. The summed E-state index contributed by atoms with van der Waals surface area (Å²) in [6.45, 7) is 3.66. The molecule has 0 saturated carbocycles. The summed E-state index contributed by atoms with van der Waals surface area (Å²) in [4.78, 5) is 22.7. The highest BCUT2D eigenvalue weighted by molar-refractivity contribution is 6.35. The number of amides is 1. The van der Waals surface area contributed by atoms with Crippen LogP contribution in [0.2, 0.25) is 10.0 Å². The molecule has 1 rings (SSSR count). The lowest BCUT2D eigenvalue weighted by Crippen LogP contribution is -2.30. The maximum Gasteiger partial charge on any atom is 0.331 e. The standard InChI is InChI=1S/C15H17Cl2NO3/c1-10(2)7-15(20)21-9-14(19)18-6-5-11-3-4-12(16)8-13(11)17/h3-4,7-8H,5-6,9H2,1-2H3,(H,18,19). The van der Waals surface area contributed by atoms with E-state index < -0.39 is 5.97 Å². The molecular weight excluding hydrogens is 313 g/mol. The Morgan fingerprint density at radius 2 is 2.00 bits per heavy atom. The third-order valence-corrected chi connectivity index (χ3v) is 3.07. The fourth-order valence-electron chi connectivity index (χ4n) is 1.53. The monoisotopic (exact) mass is 329 g/mol. The largest absolute Gasteiger partial charge is 0.452 e. The number of carbonyl (C=O) groups is 2. The Morgan fingerprint density at radius 1 is 1.29 bits per heavy atom. The molecular formula is C15H17Cl2NO3. The average Bonchev–Trinajstić information content (AvgIpc) is 2.38. The summed E-state index contributed by atoms with van der Waals surface area (Å²) in [6, 6.07) is 5.21.